The number of carbonyl (C=O) groups is 1. The Kier molecular flexibility index (Phi) is 5.47. The van der Waals surface area contributed by atoms with E-state index in [-0.39, 0.29) is 6.09 Å². The molecular weight excluding hydrogens is 336 g/mol. The number of aliphatic hydroxyl groups excluding tert-OH is 1. The molecule has 1 aliphatic heterocycles. The number of hydrogen-bond donors (Lipinski definition) is 1. The van der Waals surface area contributed by atoms with Gasteiger partial charge in [-0.2, -0.15) is 0 Å². The summed E-state index contributed by atoms with van der Waals surface area (Å²) in [5.41, 5.74) is 1.97. The van der Waals surface area contributed by atoms with E-state index in [2.05, 4.69) is 20.8 Å². The number of ether oxygens (including phenoxy) is 1. The Morgan fingerprint density at radius 1 is 1.38 bits per heavy atom. The van der Waals surface area contributed by atoms with Crippen LogP contribution in [0.3, 0.4) is 0 Å². The summed E-state index contributed by atoms with van der Waals surface area (Å²) in [6, 6.07) is 5.96. The van der Waals surface area contributed by atoms with Crippen LogP contribution in [0.2, 0.25) is 0 Å². The van der Waals surface area contributed by atoms with Gasteiger partial charge in [0.25, 0.3) is 0 Å². The Morgan fingerprint density at radius 2 is 2.05 bits per heavy atom. The van der Waals surface area contributed by atoms with Crippen LogP contribution in [0.1, 0.15) is 25.5 Å². The average molecular weight is 357 g/mol. The average Bonchev–Trinajstić information content (AvgIpc) is 2.47. The minimum atomic E-state index is -0.492. The lowest BCUT2D eigenvalue weighted by Crippen LogP contribution is -2.49. The number of hydrogen-bond acceptors (Lipinski definition) is 4. The molecule has 5 nitrogen and oxygen atoms in total. The van der Waals surface area contributed by atoms with Crippen molar-refractivity contribution >= 4 is 27.7 Å². The molecule has 1 saturated heterocycles. The van der Waals surface area contributed by atoms with Crippen LogP contribution < -0.4 is 4.90 Å². The molecule has 0 bridgehead atoms. The molecular formula is C15H21BrN2O3. The molecule has 1 atom stereocenters. The van der Waals surface area contributed by atoms with Crippen LogP contribution in [0.25, 0.3) is 0 Å². The number of nitrogens with zero attached hydrogens (tertiary/aromatic N) is 2. The van der Waals surface area contributed by atoms with Crippen molar-refractivity contribution in [1.29, 1.82) is 0 Å². The fourth-order valence-electron chi connectivity index (χ4n) is 2.41. The van der Waals surface area contributed by atoms with Crippen molar-refractivity contribution in [3.63, 3.8) is 0 Å². The van der Waals surface area contributed by atoms with Gasteiger partial charge in [-0.3, -0.25) is 0 Å². The molecule has 1 amide bonds. The maximum absolute atomic E-state index is 11.7. The monoisotopic (exact) mass is 356 g/mol. The first-order valence-electron chi connectivity index (χ1n) is 7.17. The summed E-state index contributed by atoms with van der Waals surface area (Å²) >= 11 is 3.50. The molecule has 1 fully saturated rings. The van der Waals surface area contributed by atoms with Crippen molar-refractivity contribution in [2.24, 2.45) is 0 Å². The largest absolute Gasteiger partial charge is 0.450 e. The van der Waals surface area contributed by atoms with Gasteiger partial charge in [0, 0.05) is 36.3 Å². The Morgan fingerprint density at radius 3 is 2.57 bits per heavy atom. The molecule has 1 N–H and O–H groups in total. The summed E-state index contributed by atoms with van der Waals surface area (Å²) in [6.07, 6.45) is -0.725. The molecule has 6 heteroatoms. The van der Waals surface area contributed by atoms with Gasteiger partial charge in [-0.1, -0.05) is 22.0 Å². The van der Waals surface area contributed by atoms with Gasteiger partial charge >= 0.3 is 6.09 Å². The molecule has 0 aromatic heterocycles. The van der Waals surface area contributed by atoms with Crippen molar-refractivity contribution in [3.05, 3.63) is 28.2 Å². The topological polar surface area (TPSA) is 53.0 Å². The molecule has 1 heterocycles. The van der Waals surface area contributed by atoms with Crippen molar-refractivity contribution in [1.82, 2.24) is 4.90 Å². The van der Waals surface area contributed by atoms with E-state index in [1.54, 1.807) is 11.8 Å². The van der Waals surface area contributed by atoms with Crippen LogP contribution in [0.15, 0.2) is 22.7 Å². The molecule has 0 radical (unpaired) electrons. The fourth-order valence-corrected chi connectivity index (χ4v) is 3.11. The van der Waals surface area contributed by atoms with Crippen molar-refractivity contribution in [2.75, 3.05) is 37.7 Å². The number of aliphatic hydroxyl groups is 1. The molecule has 21 heavy (non-hydrogen) atoms. The van der Waals surface area contributed by atoms with E-state index in [1.165, 1.54) is 0 Å². The highest BCUT2D eigenvalue weighted by Gasteiger charge is 2.22. The first-order valence-corrected chi connectivity index (χ1v) is 7.96. The van der Waals surface area contributed by atoms with E-state index in [4.69, 9.17) is 4.74 Å². The number of halogens is 1. The maximum atomic E-state index is 11.7. The second-order valence-electron chi connectivity index (χ2n) is 5.05. The van der Waals surface area contributed by atoms with Crippen LogP contribution in [-0.4, -0.2) is 48.9 Å². The van der Waals surface area contributed by atoms with E-state index in [0.717, 1.165) is 28.8 Å². The Bertz CT molecular complexity index is 500. The van der Waals surface area contributed by atoms with Crippen molar-refractivity contribution in [3.8, 4) is 0 Å². The zero-order valence-corrected chi connectivity index (χ0v) is 14.0. The normalized spacial score (nSPS) is 16.8. The van der Waals surface area contributed by atoms with Gasteiger partial charge in [-0.05, 0) is 31.5 Å². The summed E-state index contributed by atoms with van der Waals surface area (Å²) in [4.78, 5) is 15.6. The molecule has 1 aromatic rings. The minimum absolute atomic E-state index is 0.234. The van der Waals surface area contributed by atoms with Crippen LogP contribution in [0, 0.1) is 0 Å². The van der Waals surface area contributed by atoms with Gasteiger partial charge in [0.2, 0.25) is 0 Å². The van der Waals surface area contributed by atoms with Crippen LogP contribution in [0.5, 0.6) is 0 Å². The van der Waals surface area contributed by atoms with Crippen LogP contribution in [-0.2, 0) is 4.74 Å². The van der Waals surface area contributed by atoms with Crippen molar-refractivity contribution in [2.45, 2.75) is 20.0 Å². The van der Waals surface area contributed by atoms with E-state index in [9.17, 15) is 9.90 Å². The zero-order chi connectivity index (χ0) is 15.4. The standard InChI is InChI=1S/C15H21BrN2O3/c1-3-21-15(20)18-8-6-17(7-9-18)12-4-5-13(11(2)19)14(16)10-12/h4-5,10-11,19H,3,6-9H2,1-2H3/t11-/m1/s1. The predicted molar refractivity (Wildman–Crippen MR) is 85.6 cm³/mol. The van der Waals surface area contributed by atoms with Crippen molar-refractivity contribution < 1.29 is 14.6 Å². The highest BCUT2D eigenvalue weighted by molar-refractivity contribution is 9.10. The summed E-state index contributed by atoms with van der Waals surface area (Å²) in [7, 11) is 0. The maximum Gasteiger partial charge on any atom is 0.409 e. The lowest BCUT2D eigenvalue weighted by atomic mass is 10.1. The number of piperazine rings is 1. The summed E-state index contributed by atoms with van der Waals surface area (Å²) in [5, 5.41) is 9.65. The van der Waals surface area contributed by atoms with Gasteiger partial charge in [0.05, 0.1) is 12.7 Å². The molecule has 0 spiro atoms. The zero-order valence-electron chi connectivity index (χ0n) is 12.4. The van der Waals surface area contributed by atoms with Crippen LogP contribution >= 0.6 is 15.9 Å². The van der Waals surface area contributed by atoms with Gasteiger partial charge < -0.3 is 19.6 Å². The fraction of sp³-hybridized carbons (Fsp3) is 0.533. The summed E-state index contributed by atoms with van der Waals surface area (Å²) in [5.74, 6) is 0. The molecule has 0 aliphatic carbocycles. The highest BCUT2D eigenvalue weighted by atomic mass is 79.9. The molecule has 1 aromatic carbocycles. The second kappa shape index (κ2) is 7.13. The number of carbonyl (C=O) groups excluding carboxylic acids is 1. The number of rotatable bonds is 3. The predicted octanol–water partition coefficient (Wildman–Crippen LogP) is 2.78. The van der Waals surface area contributed by atoms with Gasteiger partial charge in [0.1, 0.15) is 0 Å². The molecule has 0 unspecified atom stereocenters. The van der Waals surface area contributed by atoms with Gasteiger partial charge in [-0.15, -0.1) is 0 Å². The van der Waals surface area contributed by atoms with E-state index >= 15 is 0 Å². The van der Waals surface area contributed by atoms with Crippen LogP contribution in [0.4, 0.5) is 10.5 Å². The highest BCUT2D eigenvalue weighted by Crippen LogP contribution is 2.28. The third-order valence-corrected chi connectivity index (χ3v) is 4.29. The smallest absolute Gasteiger partial charge is 0.409 e. The Hall–Kier alpha value is -1.27. The molecule has 116 valence electrons. The number of amides is 1. The first kappa shape index (κ1) is 16.1. The summed E-state index contributed by atoms with van der Waals surface area (Å²) in [6.45, 7) is 6.85. The summed E-state index contributed by atoms with van der Waals surface area (Å²) < 4.78 is 5.92. The van der Waals surface area contributed by atoms with E-state index in [1.807, 2.05) is 25.1 Å². The first-order chi connectivity index (χ1) is 10.0. The quantitative estimate of drug-likeness (QED) is 0.904. The van der Waals surface area contributed by atoms with E-state index < -0.39 is 6.10 Å². The third-order valence-electron chi connectivity index (χ3n) is 3.60. The number of benzene rings is 1. The number of anilines is 1. The SMILES string of the molecule is CCOC(=O)N1CCN(c2ccc([C@@H](C)O)c(Br)c2)CC1. The second-order valence-corrected chi connectivity index (χ2v) is 5.91. The molecule has 0 saturated carbocycles. The van der Waals surface area contributed by atoms with Gasteiger partial charge in [0.15, 0.2) is 0 Å². The Labute approximate surface area is 133 Å². The van der Waals surface area contributed by atoms with E-state index in [0.29, 0.717) is 19.7 Å². The lowest BCUT2D eigenvalue weighted by molar-refractivity contribution is 0.105. The minimum Gasteiger partial charge on any atom is -0.450 e. The third kappa shape index (κ3) is 3.89. The lowest BCUT2D eigenvalue weighted by Gasteiger charge is -2.35. The van der Waals surface area contributed by atoms with Gasteiger partial charge in [-0.25, -0.2) is 4.79 Å². The Balaban J connectivity index is 1.99. The molecule has 2 rings (SSSR count). The molecule has 1 aliphatic rings.